The third-order valence-electron chi connectivity index (χ3n) is 6.10. The highest BCUT2D eigenvalue weighted by Crippen LogP contribution is 2.39. The van der Waals surface area contributed by atoms with Crippen LogP contribution in [0.1, 0.15) is 64.6 Å². The largest absolute Gasteiger partial charge is 0.508 e. The molecule has 0 aromatic heterocycles. The molecule has 33 heavy (non-hydrogen) atoms. The van der Waals surface area contributed by atoms with E-state index in [0.29, 0.717) is 42.1 Å². The summed E-state index contributed by atoms with van der Waals surface area (Å²) in [6, 6.07) is 2.64. The van der Waals surface area contributed by atoms with Crippen molar-refractivity contribution >= 4 is 28.5 Å². The minimum atomic E-state index is -1.39. The van der Waals surface area contributed by atoms with Gasteiger partial charge in [0.25, 0.3) is 5.91 Å². The minimum absolute atomic E-state index is 0.0101. The van der Waals surface area contributed by atoms with E-state index in [1.807, 2.05) is 20.8 Å². The van der Waals surface area contributed by atoms with Crippen LogP contribution in [0.5, 0.6) is 5.75 Å². The van der Waals surface area contributed by atoms with Crippen molar-refractivity contribution in [3.8, 4) is 5.75 Å². The van der Waals surface area contributed by atoms with E-state index in [-0.39, 0.29) is 30.8 Å². The summed E-state index contributed by atoms with van der Waals surface area (Å²) in [6.45, 7) is 10.2. The summed E-state index contributed by atoms with van der Waals surface area (Å²) < 4.78 is 26.9. The molecule has 1 amide bonds. The van der Waals surface area contributed by atoms with Crippen molar-refractivity contribution in [1.29, 1.82) is 0 Å². The van der Waals surface area contributed by atoms with Crippen LogP contribution >= 0.6 is 11.6 Å². The van der Waals surface area contributed by atoms with Gasteiger partial charge in [-0.2, -0.15) is 0 Å². The van der Waals surface area contributed by atoms with Crippen molar-refractivity contribution in [3.05, 3.63) is 28.3 Å². The number of ether oxygens (including phenoxy) is 2. The Bertz CT molecular complexity index is 896. The molecular weight excluding hydrogens is 468 g/mol. The molecule has 0 spiro atoms. The Morgan fingerprint density at radius 1 is 1.33 bits per heavy atom. The maximum absolute atomic E-state index is 13.0. The number of carbonyl (C=O) groups is 1. The third kappa shape index (κ3) is 6.26. The van der Waals surface area contributed by atoms with Gasteiger partial charge in [0.05, 0.1) is 35.0 Å². The predicted molar refractivity (Wildman–Crippen MR) is 127 cm³/mol. The SMILES string of the molecule is CC1(C)OC[C@H](C(=O)N2CCC(C(NS(=O)C(C)(C)C)c3cc(Cl)c(CO)cc3O)CC2)O1. The fourth-order valence-corrected chi connectivity index (χ4v) is 5.30. The van der Waals surface area contributed by atoms with Crippen molar-refractivity contribution in [3.63, 3.8) is 0 Å². The molecule has 8 nitrogen and oxygen atoms in total. The molecule has 3 atom stereocenters. The highest BCUT2D eigenvalue weighted by Gasteiger charge is 2.41. The summed E-state index contributed by atoms with van der Waals surface area (Å²) in [6.07, 6.45) is 0.703. The first-order valence-corrected chi connectivity index (χ1v) is 12.8. The van der Waals surface area contributed by atoms with Crippen LogP contribution < -0.4 is 4.72 Å². The Labute approximate surface area is 203 Å². The van der Waals surface area contributed by atoms with Gasteiger partial charge in [0.2, 0.25) is 0 Å². The zero-order valence-electron chi connectivity index (χ0n) is 19.9. The van der Waals surface area contributed by atoms with Gasteiger partial charge in [-0.1, -0.05) is 11.6 Å². The number of phenols is 1. The van der Waals surface area contributed by atoms with Gasteiger partial charge in [-0.3, -0.25) is 4.79 Å². The van der Waals surface area contributed by atoms with E-state index < -0.39 is 33.7 Å². The molecule has 2 fully saturated rings. The Morgan fingerprint density at radius 3 is 2.48 bits per heavy atom. The molecule has 1 aromatic carbocycles. The van der Waals surface area contributed by atoms with E-state index in [0.717, 1.165) is 0 Å². The second-order valence-electron chi connectivity index (χ2n) is 10.1. The molecule has 3 N–H and O–H groups in total. The number of carbonyl (C=O) groups excluding carboxylic acids is 1. The van der Waals surface area contributed by atoms with Crippen LogP contribution in [0.25, 0.3) is 0 Å². The van der Waals surface area contributed by atoms with Crippen molar-refractivity contribution in [2.75, 3.05) is 19.7 Å². The van der Waals surface area contributed by atoms with Crippen LogP contribution in [0.3, 0.4) is 0 Å². The summed E-state index contributed by atoms with van der Waals surface area (Å²) in [5.41, 5.74) is 0.963. The number of nitrogens with one attached hydrogen (secondary N) is 1. The zero-order valence-corrected chi connectivity index (χ0v) is 21.5. The number of likely N-dealkylation sites (tertiary alicyclic amines) is 1. The standard InChI is InChI=1S/C23H35ClN2O6S/c1-22(2,3)33(30)25-20(16-11-17(24)15(12-27)10-18(16)28)14-6-8-26(9-7-14)21(29)19-13-31-23(4,5)32-19/h10-11,14,19-20,25,27-28H,6-9,12-13H2,1-5H3/t19-,20?,33?/m1/s1. The van der Waals surface area contributed by atoms with E-state index in [1.165, 1.54) is 6.07 Å². The number of benzene rings is 1. The van der Waals surface area contributed by atoms with Crippen molar-refractivity contribution in [2.45, 2.75) is 76.7 Å². The summed E-state index contributed by atoms with van der Waals surface area (Å²) in [5.74, 6) is -0.842. The molecule has 0 radical (unpaired) electrons. The van der Waals surface area contributed by atoms with Gasteiger partial charge >= 0.3 is 0 Å². The number of amides is 1. The minimum Gasteiger partial charge on any atom is -0.508 e. The molecule has 2 aliphatic heterocycles. The molecule has 1 aromatic rings. The first kappa shape index (κ1) is 26.4. The second-order valence-corrected chi connectivity index (χ2v) is 12.5. The highest BCUT2D eigenvalue weighted by molar-refractivity contribution is 7.84. The Morgan fingerprint density at radius 2 is 1.97 bits per heavy atom. The van der Waals surface area contributed by atoms with Gasteiger partial charge in [0, 0.05) is 23.7 Å². The summed E-state index contributed by atoms with van der Waals surface area (Å²) in [5, 5.41) is 20.5. The van der Waals surface area contributed by atoms with Crippen LogP contribution in [0.2, 0.25) is 5.02 Å². The second kappa shape index (κ2) is 10.2. The lowest BCUT2D eigenvalue weighted by molar-refractivity contribution is -0.161. The van der Waals surface area contributed by atoms with E-state index >= 15 is 0 Å². The van der Waals surface area contributed by atoms with Gasteiger partial charge in [0.1, 0.15) is 5.75 Å². The maximum Gasteiger partial charge on any atom is 0.254 e. The lowest BCUT2D eigenvalue weighted by Crippen LogP contribution is -2.47. The average molecular weight is 503 g/mol. The fraction of sp³-hybridized carbons (Fsp3) is 0.696. The predicted octanol–water partition coefficient (Wildman–Crippen LogP) is 3.02. The Balaban J connectivity index is 1.78. The van der Waals surface area contributed by atoms with Crippen LogP contribution in [-0.4, -0.2) is 61.6 Å². The van der Waals surface area contributed by atoms with Crippen molar-refractivity contribution in [2.24, 2.45) is 5.92 Å². The normalized spacial score (nSPS) is 23.5. The highest BCUT2D eigenvalue weighted by atomic mass is 35.5. The molecule has 0 bridgehead atoms. The van der Waals surface area contributed by atoms with Gasteiger partial charge < -0.3 is 24.6 Å². The molecule has 0 aliphatic carbocycles. The van der Waals surface area contributed by atoms with Crippen LogP contribution in [0.4, 0.5) is 0 Å². The fourth-order valence-electron chi connectivity index (χ4n) is 4.16. The maximum atomic E-state index is 13.0. The summed E-state index contributed by atoms with van der Waals surface area (Å²) in [4.78, 5) is 14.7. The molecule has 0 saturated carbocycles. The number of phenolic OH excluding ortho intramolecular Hbond substituents is 1. The van der Waals surface area contributed by atoms with Crippen molar-refractivity contribution < 1.29 is 28.7 Å². The van der Waals surface area contributed by atoms with Gasteiger partial charge in [-0.05, 0) is 71.1 Å². The van der Waals surface area contributed by atoms with E-state index in [2.05, 4.69) is 4.72 Å². The number of rotatable bonds is 6. The number of aliphatic hydroxyl groups is 1. The third-order valence-corrected chi connectivity index (χ3v) is 8.03. The topological polar surface area (TPSA) is 108 Å². The van der Waals surface area contributed by atoms with E-state index in [4.69, 9.17) is 21.1 Å². The van der Waals surface area contributed by atoms with Crippen LogP contribution in [-0.2, 0) is 31.9 Å². The molecule has 2 aliphatic rings. The molecule has 2 unspecified atom stereocenters. The number of halogens is 1. The molecular formula is C23H35ClN2O6S. The van der Waals surface area contributed by atoms with Gasteiger partial charge in [-0.15, -0.1) is 0 Å². The van der Waals surface area contributed by atoms with E-state index in [9.17, 15) is 19.2 Å². The smallest absolute Gasteiger partial charge is 0.254 e. The number of hydrogen-bond donors (Lipinski definition) is 3. The number of nitrogens with zero attached hydrogens (tertiary/aromatic N) is 1. The zero-order chi connectivity index (χ0) is 24.6. The number of hydrogen-bond acceptors (Lipinski definition) is 6. The quantitative estimate of drug-likeness (QED) is 0.552. The lowest BCUT2D eigenvalue weighted by Gasteiger charge is -2.38. The summed E-state index contributed by atoms with van der Waals surface area (Å²) in [7, 11) is -1.39. The lowest BCUT2D eigenvalue weighted by atomic mass is 9.85. The Kier molecular flexibility index (Phi) is 8.13. The van der Waals surface area contributed by atoms with Crippen LogP contribution in [0.15, 0.2) is 12.1 Å². The molecule has 3 rings (SSSR count). The average Bonchev–Trinajstić information content (AvgIpc) is 3.12. The van der Waals surface area contributed by atoms with Crippen molar-refractivity contribution in [1.82, 2.24) is 9.62 Å². The monoisotopic (exact) mass is 502 g/mol. The van der Waals surface area contributed by atoms with Crippen LogP contribution in [0, 0.1) is 5.92 Å². The van der Waals surface area contributed by atoms with Gasteiger partial charge in [0.15, 0.2) is 11.9 Å². The Hall–Kier alpha value is -1.23. The first-order valence-electron chi connectivity index (χ1n) is 11.2. The molecule has 186 valence electrons. The number of piperidine rings is 1. The summed E-state index contributed by atoms with van der Waals surface area (Å²) >= 11 is 6.32. The number of aliphatic hydroxyl groups excluding tert-OH is 1. The molecule has 2 saturated heterocycles. The van der Waals surface area contributed by atoms with Gasteiger partial charge in [-0.25, -0.2) is 8.93 Å². The molecule has 10 heteroatoms. The first-order chi connectivity index (χ1) is 15.3. The number of aromatic hydroxyl groups is 1. The molecule has 2 heterocycles. The van der Waals surface area contributed by atoms with E-state index in [1.54, 1.807) is 24.8 Å².